The maximum atomic E-state index is 12.9. The highest BCUT2D eigenvalue weighted by Crippen LogP contribution is 2.23. The first-order valence-corrected chi connectivity index (χ1v) is 12.6. The largest absolute Gasteiger partial charge is 0.490 e. The number of amides is 1. The quantitative estimate of drug-likeness (QED) is 0.689. The zero-order valence-electron chi connectivity index (χ0n) is 18.3. The van der Waals surface area contributed by atoms with Gasteiger partial charge in [0.15, 0.2) is 0 Å². The number of aryl methyl sites for hydroxylation is 1. The lowest BCUT2D eigenvalue weighted by atomic mass is 10.1. The van der Waals surface area contributed by atoms with E-state index >= 15 is 0 Å². The van der Waals surface area contributed by atoms with E-state index in [9.17, 15) is 13.2 Å². The molecule has 0 bridgehead atoms. The normalized spacial score (nSPS) is 20.2. The highest BCUT2D eigenvalue weighted by Gasteiger charge is 2.30. The number of hydrogen-bond donors (Lipinski definition) is 1. The Bertz CT molecular complexity index is 1020. The fraction of sp³-hybridized carbons (Fsp3) is 0.458. The van der Waals surface area contributed by atoms with E-state index in [0.29, 0.717) is 48.7 Å². The topological polar surface area (TPSA) is 84.9 Å². The molecular weight excluding hydrogens is 428 g/mol. The second-order valence-corrected chi connectivity index (χ2v) is 10.3. The summed E-state index contributed by atoms with van der Waals surface area (Å²) in [5, 5.41) is 3.05. The molecule has 2 heterocycles. The van der Waals surface area contributed by atoms with Crippen molar-refractivity contribution < 1.29 is 22.7 Å². The molecule has 2 fully saturated rings. The number of hydrogen-bond acceptors (Lipinski definition) is 5. The van der Waals surface area contributed by atoms with Crippen LogP contribution in [0.15, 0.2) is 53.4 Å². The van der Waals surface area contributed by atoms with Crippen molar-refractivity contribution in [3.8, 4) is 5.75 Å². The van der Waals surface area contributed by atoms with Crippen LogP contribution in [0.25, 0.3) is 0 Å². The summed E-state index contributed by atoms with van der Waals surface area (Å²) in [6, 6.07) is 14.0. The highest BCUT2D eigenvalue weighted by molar-refractivity contribution is 7.89. The Labute approximate surface area is 189 Å². The Balaban J connectivity index is 1.33. The summed E-state index contributed by atoms with van der Waals surface area (Å²) in [5.41, 5.74) is 1.51. The zero-order chi connectivity index (χ0) is 22.6. The van der Waals surface area contributed by atoms with E-state index in [1.807, 2.05) is 19.1 Å². The number of ether oxygens (including phenoxy) is 2. The standard InChI is InChI=1S/C24H30N2O5S/c1-18-8-10-21(11-9-18)32(28,29)26-14-12-19(13-15-26)25-24(27)22-6-2-3-7-23(22)31-17-20-5-4-16-30-20/h2-3,6-11,19-20H,4-5,12-17H2,1H3,(H,25,27). The molecule has 1 N–H and O–H groups in total. The smallest absolute Gasteiger partial charge is 0.255 e. The predicted octanol–water partition coefficient (Wildman–Crippen LogP) is 3.14. The summed E-state index contributed by atoms with van der Waals surface area (Å²) in [4.78, 5) is 13.2. The summed E-state index contributed by atoms with van der Waals surface area (Å²) >= 11 is 0. The molecule has 172 valence electrons. The van der Waals surface area contributed by atoms with Gasteiger partial charge in [0.1, 0.15) is 12.4 Å². The van der Waals surface area contributed by atoms with Crippen LogP contribution in [0.5, 0.6) is 5.75 Å². The van der Waals surface area contributed by atoms with Crippen LogP contribution in [0.4, 0.5) is 0 Å². The van der Waals surface area contributed by atoms with Gasteiger partial charge >= 0.3 is 0 Å². The summed E-state index contributed by atoms with van der Waals surface area (Å²) in [6.07, 6.45) is 3.21. The van der Waals surface area contributed by atoms with E-state index in [4.69, 9.17) is 9.47 Å². The van der Waals surface area contributed by atoms with Gasteiger partial charge in [-0.15, -0.1) is 0 Å². The molecule has 2 saturated heterocycles. The van der Waals surface area contributed by atoms with E-state index in [-0.39, 0.29) is 18.1 Å². The maximum absolute atomic E-state index is 12.9. The van der Waals surface area contributed by atoms with Gasteiger partial charge in [-0.05, 0) is 56.9 Å². The lowest BCUT2D eigenvalue weighted by molar-refractivity contribution is 0.0669. The molecule has 8 heteroatoms. The van der Waals surface area contributed by atoms with Crippen LogP contribution in [-0.2, 0) is 14.8 Å². The van der Waals surface area contributed by atoms with E-state index in [1.54, 1.807) is 36.4 Å². The lowest BCUT2D eigenvalue weighted by Crippen LogP contribution is -2.46. The van der Waals surface area contributed by atoms with Crippen LogP contribution in [0.3, 0.4) is 0 Å². The molecule has 0 saturated carbocycles. The lowest BCUT2D eigenvalue weighted by Gasteiger charge is -2.31. The minimum atomic E-state index is -3.52. The zero-order valence-corrected chi connectivity index (χ0v) is 19.1. The second-order valence-electron chi connectivity index (χ2n) is 8.41. The Kier molecular flexibility index (Phi) is 7.13. The summed E-state index contributed by atoms with van der Waals surface area (Å²) < 4.78 is 38.7. The minimum Gasteiger partial charge on any atom is -0.490 e. The number of carbonyl (C=O) groups is 1. The van der Waals surface area contributed by atoms with Gasteiger partial charge in [-0.2, -0.15) is 4.31 Å². The summed E-state index contributed by atoms with van der Waals surface area (Å²) in [5.74, 6) is 0.340. The SMILES string of the molecule is Cc1ccc(S(=O)(=O)N2CCC(NC(=O)c3ccccc3OCC3CCCO3)CC2)cc1. The van der Waals surface area contributed by atoms with Crippen molar-refractivity contribution in [3.05, 3.63) is 59.7 Å². The first kappa shape index (κ1) is 22.8. The van der Waals surface area contributed by atoms with Crippen molar-refractivity contribution in [2.75, 3.05) is 26.3 Å². The van der Waals surface area contributed by atoms with Crippen molar-refractivity contribution in [2.45, 2.75) is 49.6 Å². The van der Waals surface area contributed by atoms with Gasteiger partial charge in [0.2, 0.25) is 10.0 Å². The third kappa shape index (κ3) is 5.31. The monoisotopic (exact) mass is 458 g/mol. The molecule has 2 aliphatic rings. The fourth-order valence-corrected chi connectivity index (χ4v) is 5.57. The van der Waals surface area contributed by atoms with Crippen molar-refractivity contribution in [2.24, 2.45) is 0 Å². The number of carbonyl (C=O) groups excluding carboxylic acids is 1. The predicted molar refractivity (Wildman–Crippen MR) is 121 cm³/mol. The third-order valence-corrected chi connectivity index (χ3v) is 7.94. The van der Waals surface area contributed by atoms with Gasteiger partial charge in [-0.1, -0.05) is 29.8 Å². The Morgan fingerprint density at radius 1 is 1.09 bits per heavy atom. The molecule has 32 heavy (non-hydrogen) atoms. The molecule has 2 aromatic rings. The average molecular weight is 459 g/mol. The average Bonchev–Trinajstić information content (AvgIpc) is 3.32. The van der Waals surface area contributed by atoms with Crippen molar-refractivity contribution >= 4 is 15.9 Å². The molecule has 4 rings (SSSR count). The van der Waals surface area contributed by atoms with Gasteiger partial charge in [-0.3, -0.25) is 4.79 Å². The van der Waals surface area contributed by atoms with E-state index in [0.717, 1.165) is 25.0 Å². The third-order valence-electron chi connectivity index (χ3n) is 6.03. The van der Waals surface area contributed by atoms with Crippen molar-refractivity contribution in [1.82, 2.24) is 9.62 Å². The Morgan fingerprint density at radius 3 is 2.50 bits per heavy atom. The van der Waals surface area contributed by atoms with E-state index in [1.165, 1.54) is 4.31 Å². The van der Waals surface area contributed by atoms with Gasteiger partial charge in [0.05, 0.1) is 16.6 Å². The van der Waals surface area contributed by atoms with Crippen molar-refractivity contribution in [3.63, 3.8) is 0 Å². The molecule has 0 aliphatic carbocycles. The number of sulfonamides is 1. The molecule has 1 unspecified atom stereocenters. The molecule has 0 radical (unpaired) electrons. The number of rotatable bonds is 7. The van der Waals surface area contributed by atoms with Crippen LogP contribution in [0, 0.1) is 6.92 Å². The highest BCUT2D eigenvalue weighted by atomic mass is 32.2. The first-order valence-electron chi connectivity index (χ1n) is 11.1. The number of nitrogens with zero attached hydrogens (tertiary/aromatic N) is 1. The summed E-state index contributed by atoms with van der Waals surface area (Å²) in [7, 11) is -3.52. The van der Waals surface area contributed by atoms with Crippen molar-refractivity contribution in [1.29, 1.82) is 0 Å². The van der Waals surface area contributed by atoms with Crippen LogP contribution in [0.2, 0.25) is 0 Å². The van der Waals surface area contributed by atoms with Gasteiger partial charge in [0.25, 0.3) is 5.91 Å². The van der Waals surface area contributed by atoms with E-state index < -0.39 is 10.0 Å². The Hall–Kier alpha value is -2.42. The number of benzene rings is 2. The molecule has 0 spiro atoms. The second kappa shape index (κ2) is 10.0. The molecule has 2 aromatic carbocycles. The molecule has 0 aromatic heterocycles. The Morgan fingerprint density at radius 2 is 1.81 bits per heavy atom. The molecule has 1 atom stereocenters. The molecule has 2 aliphatic heterocycles. The number of para-hydroxylation sites is 1. The van der Waals surface area contributed by atoms with Gasteiger partial charge < -0.3 is 14.8 Å². The van der Waals surface area contributed by atoms with Crippen LogP contribution < -0.4 is 10.1 Å². The molecular formula is C24H30N2O5S. The van der Waals surface area contributed by atoms with Crippen LogP contribution >= 0.6 is 0 Å². The summed E-state index contributed by atoms with van der Waals surface area (Å²) in [6.45, 7) is 3.86. The maximum Gasteiger partial charge on any atom is 0.255 e. The van der Waals surface area contributed by atoms with E-state index in [2.05, 4.69) is 5.32 Å². The number of nitrogens with one attached hydrogen (secondary N) is 1. The number of piperidine rings is 1. The minimum absolute atomic E-state index is 0.0749. The first-order chi connectivity index (χ1) is 15.4. The molecule has 1 amide bonds. The fourth-order valence-electron chi connectivity index (χ4n) is 4.10. The van der Waals surface area contributed by atoms with Gasteiger partial charge in [0, 0.05) is 25.7 Å². The van der Waals surface area contributed by atoms with Crippen LogP contribution in [-0.4, -0.2) is 57.1 Å². The molecule has 7 nitrogen and oxygen atoms in total. The van der Waals surface area contributed by atoms with Crippen LogP contribution in [0.1, 0.15) is 41.6 Å². The van der Waals surface area contributed by atoms with Gasteiger partial charge in [-0.25, -0.2) is 8.42 Å².